The van der Waals surface area contributed by atoms with E-state index in [-0.39, 0.29) is 5.91 Å². The molecule has 6 heteroatoms. The third-order valence-corrected chi connectivity index (χ3v) is 2.62. The second-order valence-electron chi connectivity index (χ2n) is 3.92. The molecule has 94 valence electrons. The first-order valence-electron chi connectivity index (χ1n) is 5.55. The van der Waals surface area contributed by atoms with Gasteiger partial charge >= 0.3 is 0 Å². The number of pyridine rings is 1. The fraction of sp³-hybridized carbons (Fsp3) is 0.250. The Morgan fingerprint density at radius 1 is 1.44 bits per heavy atom. The van der Waals surface area contributed by atoms with Crippen molar-refractivity contribution < 1.29 is 4.79 Å². The van der Waals surface area contributed by atoms with Crippen LogP contribution in [0.15, 0.2) is 24.5 Å². The van der Waals surface area contributed by atoms with Crippen LogP contribution in [0.1, 0.15) is 16.1 Å². The molecule has 0 fully saturated rings. The van der Waals surface area contributed by atoms with E-state index in [0.717, 1.165) is 11.4 Å². The van der Waals surface area contributed by atoms with Crippen LogP contribution in [0.3, 0.4) is 0 Å². The minimum atomic E-state index is -0.213. The number of rotatable bonds is 3. The maximum absolute atomic E-state index is 12.1. The Labute approximate surface area is 105 Å². The molecule has 0 bridgehead atoms. The van der Waals surface area contributed by atoms with E-state index in [1.54, 1.807) is 37.2 Å². The SMILES string of the molecule is CNc1cc(C)ncc1C(=O)Nc1ccnn1C. The Kier molecular flexibility index (Phi) is 3.27. The van der Waals surface area contributed by atoms with Crippen molar-refractivity contribution in [2.24, 2.45) is 7.05 Å². The molecule has 0 aromatic carbocycles. The van der Waals surface area contributed by atoms with Crippen LogP contribution in [0.2, 0.25) is 0 Å². The Balaban J connectivity index is 2.26. The summed E-state index contributed by atoms with van der Waals surface area (Å²) in [6.45, 7) is 1.88. The van der Waals surface area contributed by atoms with Gasteiger partial charge in [0.25, 0.3) is 5.91 Å². The van der Waals surface area contributed by atoms with Gasteiger partial charge in [0, 0.05) is 32.1 Å². The summed E-state index contributed by atoms with van der Waals surface area (Å²) in [4.78, 5) is 16.3. The minimum Gasteiger partial charge on any atom is -0.387 e. The number of aromatic nitrogens is 3. The molecule has 2 rings (SSSR count). The van der Waals surface area contributed by atoms with Crippen LogP contribution in [-0.2, 0) is 7.05 Å². The number of nitrogens with one attached hydrogen (secondary N) is 2. The van der Waals surface area contributed by atoms with Crippen LogP contribution in [0.25, 0.3) is 0 Å². The highest BCUT2D eigenvalue weighted by Crippen LogP contribution is 2.16. The molecule has 0 aliphatic rings. The second-order valence-corrected chi connectivity index (χ2v) is 3.92. The predicted octanol–water partition coefficient (Wildman–Crippen LogP) is 1.42. The molecule has 2 aromatic heterocycles. The highest BCUT2D eigenvalue weighted by Gasteiger charge is 2.13. The zero-order chi connectivity index (χ0) is 13.1. The third-order valence-electron chi connectivity index (χ3n) is 2.62. The van der Waals surface area contributed by atoms with Gasteiger partial charge in [-0.3, -0.25) is 14.5 Å². The number of carbonyl (C=O) groups is 1. The van der Waals surface area contributed by atoms with E-state index in [2.05, 4.69) is 20.7 Å². The van der Waals surface area contributed by atoms with Crippen molar-refractivity contribution in [1.29, 1.82) is 0 Å². The van der Waals surface area contributed by atoms with Crippen LogP contribution in [0.5, 0.6) is 0 Å². The van der Waals surface area contributed by atoms with Gasteiger partial charge in [-0.1, -0.05) is 0 Å². The van der Waals surface area contributed by atoms with Gasteiger partial charge in [-0.25, -0.2) is 0 Å². The monoisotopic (exact) mass is 245 g/mol. The lowest BCUT2D eigenvalue weighted by Gasteiger charge is -2.10. The van der Waals surface area contributed by atoms with Crippen LogP contribution in [0.4, 0.5) is 11.5 Å². The van der Waals surface area contributed by atoms with E-state index in [1.807, 2.05) is 13.0 Å². The number of hydrogen-bond donors (Lipinski definition) is 2. The summed E-state index contributed by atoms with van der Waals surface area (Å²) in [5.74, 6) is 0.429. The molecule has 0 spiro atoms. The average Bonchev–Trinajstić information content (AvgIpc) is 2.74. The number of aryl methyl sites for hydroxylation is 2. The number of hydrogen-bond acceptors (Lipinski definition) is 4. The molecule has 0 aliphatic heterocycles. The summed E-state index contributed by atoms with van der Waals surface area (Å²) in [5, 5.41) is 9.76. The van der Waals surface area contributed by atoms with Crippen molar-refractivity contribution in [2.75, 3.05) is 17.7 Å². The molecule has 0 atom stereocenters. The molecule has 0 saturated heterocycles. The van der Waals surface area contributed by atoms with Gasteiger partial charge < -0.3 is 10.6 Å². The molecule has 0 saturated carbocycles. The maximum atomic E-state index is 12.1. The maximum Gasteiger partial charge on any atom is 0.260 e. The number of amides is 1. The first kappa shape index (κ1) is 12.1. The number of anilines is 2. The summed E-state index contributed by atoms with van der Waals surface area (Å²) in [6.07, 6.45) is 3.19. The number of nitrogens with zero attached hydrogens (tertiary/aromatic N) is 3. The summed E-state index contributed by atoms with van der Waals surface area (Å²) in [5.41, 5.74) is 2.11. The van der Waals surface area contributed by atoms with Gasteiger partial charge in [0.2, 0.25) is 0 Å². The highest BCUT2D eigenvalue weighted by molar-refractivity contribution is 6.07. The van der Waals surface area contributed by atoms with Gasteiger partial charge in [-0.05, 0) is 13.0 Å². The van der Waals surface area contributed by atoms with Gasteiger partial charge in [0.1, 0.15) is 5.82 Å². The Morgan fingerprint density at radius 2 is 2.22 bits per heavy atom. The molecular weight excluding hydrogens is 230 g/mol. The summed E-state index contributed by atoms with van der Waals surface area (Å²) in [7, 11) is 3.54. The van der Waals surface area contributed by atoms with E-state index in [9.17, 15) is 4.79 Å². The van der Waals surface area contributed by atoms with Gasteiger partial charge in [0.15, 0.2) is 0 Å². The topological polar surface area (TPSA) is 71.8 Å². The van der Waals surface area contributed by atoms with Crippen LogP contribution >= 0.6 is 0 Å². The first-order chi connectivity index (χ1) is 8.61. The summed E-state index contributed by atoms with van der Waals surface area (Å²) in [6, 6.07) is 3.57. The summed E-state index contributed by atoms with van der Waals surface area (Å²) < 4.78 is 1.60. The second kappa shape index (κ2) is 4.87. The van der Waals surface area contributed by atoms with E-state index in [4.69, 9.17) is 0 Å². The molecule has 2 aromatic rings. The molecule has 18 heavy (non-hydrogen) atoms. The smallest absolute Gasteiger partial charge is 0.260 e. The lowest BCUT2D eigenvalue weighted by molar-refractivity contribution is 0.102. The molecule has 2 heterocycles. The quantitative estimate of drug-likeness (QED) is 0.857. The molecule has 2 N–H and O–H groups in total. The van der Waals surface area contributed by atoms with E-state index in [1.165, 1.54) is 0 Å². The van der Waals surface area contributed by atoms with Crippen molar-refractivity contribution in [3.63, 3.8) is 0 Å². The fourth-order valence-electron chi connectivity index (χ4n) is 1.63. The van der Waals surface area contributed by atoms with Crippen molar-refractivity contribution >= 4 is 17.4 Å². The van der Waals surface area contributed by atoms with Crippen LogP contribution in [-0.4, -0.2) is 27.7 Å². The highest BCUT2D eigenvalue weighted by atomic mass is 16.1. The molecule has 0 radical (unpaired) electrons. The molecule has 1 amide bonds. The third kappa shape index (κ3) is 2.32. The fourth-order valence-corrected chi connectivity index (χ4v) is 1.63. The largest absolute Gasteiger partial charge is 0.387 e. The van der Waals surface area contributed by atoms with Gasteiger partial charge in [-0.2, -0.15) is 5.10 Å². The molecular formula is C12H15N5O. The van der Waals surface area contributed by atoms with E-state index in [0.29, 0.717) is 11.4 Å². The van der Waals surface area contributed by atoms with Gasteiger partial charge in [-0.15, -0.1) is 0 Å². The van der Waals surface area contributed by atoms with Crippen LogP contribution in [0, 0.1) is 6.92 Å². The van der Waals surface area contributed by atoms with Crippen molar-refractivity contribution in [2.45, 2.75) is 6.92 Å². The summed E-state index contributed by atoms with van der Waals surface area (Å²) >= 11 is 0. The minimum absolute atomic E-state index is 0.213. The lowest BCUT2D eigenvalue weighted by atomic mass is 10.2. The van der Waals surface area contributed by atoms with Crippen LogP contribution < -0.4 is 10.6 Å². The number of carbonyl (C=O) groups excluding carboxylic acids is 1. The van der Waals surface area contributed by atoms with Crippen molar-refractivity contribution in [3.05, 3.63) is 35.8 Å². The standard InChI is InChI=1S/C12H15N5O/c1-8-6-10(13-2)9(7-14-8)12(18)16-11-4-5-15-17(11)3/h4-7H,1-3H3,(H,13,14)(H,16,18). The zero-order valence-electron chi connectivity index (χ0n) is 10.6. The van der Waals surface area contributed by atoms with Gasteiger partial charge in [0.05, 0.1) is 17.4 Å². The first-order valence-corrected chi connectivity index (χ1v) is 5.55. The van der Waals surface area contributed by atoms with Crippen molar-refractivity contribution in [1.82, 2.24) is 14.8 Å². The van der Waals surface area contributed by atoms with E-state index >= 15 is 0 Å². The molecule has 6 nitrogen and oxygen atoms in total. The Morgan fingerprint density at radius 3 is 2.83 bits per heavy atom. The normalized spacial score (nSPS) is 10.2. The zero-order valence-corrected chi connectivity index (χ0v) is 10.6. The lowest BCUT2D eigenvalue weighted by Crippen LogP contribution is -2.16. The Bertz CT molecular complexity index is 576. The van der Waals surface area contributed by atoms with Crippen molar-refractivity contribution in [3.8, 4) is 0 Å². The van der Waals surface area contributed by atoms with E-state index < -0.39 is 0 Å². The Hall–Kier alpha value is -2.37. The molecule has 0 aliphatic carbocycles. The molecule has 0 unspecified atom stereocenters. The predicted molar refractivity (Wildman–Crippen MR) is 69.7 cm³/mol. The average molecular weight is 245 g/mol.